The SMILES string of the molecule is CN1CC(O)(CN)CCCC1=O. The number of nitrogens with zero attached hydrogens (tertiary/aromatic N) is 1. The van der Waals surface area contributed by atoms with Gasteiger partial charge in [0.15, 0.2) is 0 Å². The lowest BCUT2D eigenvalue weighted by Crippen LogP contribution is -2.46. The van der Waals surface area contributed by atoms with Crippen LogP contribution in [0.5, 0.6) is 0 Å². The smallest absolute Gasteiger partial charge is 0.222 e. The van der Waals surface area contributed by atoms with Gasteiger partial charge in [-0.15, -0.1) is 0 Å². The van der Waals surface area contributed by atoms with Crippen molar-refractivity contribution in [3.8, 4) is 0 Å². The van der Waals surface area contributed by atoms with Crippen LogP contribution in [0.2, 0.25) is 0 Å². The van der Waals surface area contributed by atoms with E-state index in [1.807, 2.05) is 0 Å². The summed E-state index contributed by atoms with van der Waals surface area (Å²) in [5.74, 6) is 0.0966. The Labute approximate surface area is 72.3 Å². The number of rotatable bonds is 1. The normalized spacial score (nSPS) is 31.9. The molecule has 0 aliphatic carbocycles. The van der Waals surface area contributed by atoms with Crippen LogP contribution in [0, 0.1) is 0 Å². The van der Waals surface area contributed by atoms with E-state index in [2.05, 4.69) is 0 Å². The summed E-state index contributed by atoms with van der Waals surface area (Å²) in [5.41, 5.74) is 4.57. The van der Waals surface area contributed by atoms with Gasteiger partial charge in [-0.3, -0.25) is 4.79 Å². The number of likely N-dealkylation sites (N-methyl/N-ethyl adjacent to an activating group) is 1. The average molecular weight is 172 g/mol. The van der Waals surface area contributed by atoms with E-state index in [9.17, 15) is 9.90 Å². The molecule has 1 rings (SSSR count). The van der Waals surface area contributed by atoms with Crippen molar-refractivity contribution in [1.82, 2.24) is 4.90 Å². The maximum atomic E-state index is 11.2. The largest absolute Gasteiger partial charge is 0.387 e. The Morgan fingerprint density at radius 1 is 1.75 bits per heavy atom. The molecule has 0 radical (unpaired) electrons. The first-order valence-electron chi connectivity index (χ1n) is 4.24. The fourth-order valence-electron chi connectivity index (χ4n) is 1.53. The lowest BCUT2D eigenvalue weighted by atomic mass is 9.98. The van der Waals surface area contributed by atoms with Crippen molar-refractivity contribution in [3.63, 3.8) is 0 Å². The summed E-state index contributed by atoms with van der Waals surface area (Å²) < 4.78 is 0. The molecule has 0 aromatic rings. The van der Waals surface area contributed by atoms with Crippen LogP contribution in [-0.2, 0) is 4.79 Å². The van der Waals surface area contributed by atoms with Gasteiger partial charge in [-0.05, 0) is 12.8 Å². The third-order valence-corrected chi connectivity index (χ3v) is 2.37. The molecule has 4 nitrogen and oxygen atoms in total. The maximum absolute atomic E-state index is 11.2. The molecule has 4 heteroatoms. The number of carbonyl (C=O) groups is 1. The fraction of sp³-hybridized carbons (Fsp3) is 0.875. The van der Waals surface area contributed by atoms with Crippen molar-refractivity contribution >= 4 is 5.91 Å². The zero-order valence-electron chi connectivity index (χ0n) is 7.42. The third kappa shape index (κ3) is 1.95. The van der Waals surface area contributed by atoms with Crippen LogP contribution in [-0.4, -0.2) is 41.7 Å². The van der Waals surface area contributed by atoms with Gasteiger partial charge >= 0.3 is 0 Å². The molecule has 1 fully saturated rings. The molecule has 1 heterocycles. The molecule has 0 spiro atoms. The maximum Gasteiger partial charge on any atom is 0.222 e. The fourth-order valence-corrected chi connectivity index (χ4v) is 1.53. The van der Waals surface area contributed by atoms with E-state index in [1.54, 1.807) is 11.9 Å². The summed E-state index contributed by atoms with van der Waals surface area (Å²) in [6, 6.07) is 0. The van der Waals surface area contributed by atoms with E-state index < -0.39 is 5.60 Å². The molecule has 70 valence electrons. The molecule has 0 bridgehead atoms. The van der Waals surface area contributed by atoms with Gasteiger partial charge in [0.05, 0.1) is 12.1 Å². The third-order valence-electron chi connectivity index (χ3n) is 2.37. The van der Waals surface area contributed by atoms with Crippen molar-refractivity contribution in [3.05, 3.63) is 0 Å². The molecule has 0 saturated carbocycles. The molecule has 1 saturated heterocycles. The molecule has 3 N–H and O–H groups in total. The summed E-state index contributed by atoms with van der Waals surface area (Å²) in [6.07, 6.45) is 1.88. The van der Waals surface area contributed by atoms with E-state index in [0.717, 1.165) is 6.42 Å². The number of likely N-dealkylation sites (tertiary alicyclic amines) is 1. The zero-order chi connectivity index (χ0) is 9.19. The second-order valence-electron chi connectivity index (χ2n) is 3.53. The first kappa shape index (κ1) is 9.48. The van der Waals surface area contributed by atoms with Crippen molar-refractivity contribution in [1.29, 1.82) is 0 Å². The van der Waals surface area contributed by atoms with Gasteiger partial charge in [0.2, 0.25) is 5.91 Å². The summed E-state index contributed by atoms with van der Waals surface area (Å²) in [5, 5.41) is 9.83. The molecule has 0 aromatic carbocycles. The second kappa shape index (κ2) is 3.41. The van der Waals surface area contributed by atoms with E-state index >= 15 is 0 Å². The van der Waals surface area contributed by atoms with Crippen LogP contribution in [0.3, 0.4) is 0 Å². The first-order valence-corrected chi connectivity index (χ1v) is 4.24. The lowest BCUT2D eigenvalue weighted by molar-refractivity contribution is -0.131. The molecular formula is C8H16N2O2. The zero-order valence-corrected chi connectivity index (χ0v) is 7.42. The standard InChI is InChI=1S/C8H16N2O2/c1-10-6-8(12,5-9)4-2-3-7(10)11/h12H,2-6,9H2,1H3. The Balaban J connectivity index is 2.65. The van der Waals surface area contributed by atoms with E-state index in [4.69, 9.17) is 5.73 Å². The summed E-state index contributed by atoms with van der Waals surface area (Å²) in [4.78, 5) is 12.7. The quantitative estimate of drug-likeness (QED) is 0.550. The topological polar surface area (TPSA) is 66.6 Å². The molecule has 1 aliphatic rings. The minimum absolute atomic E-state index is 0.0966. The van der Waals surface area contributed by atoms with Gasteiger partial charge in [-0.2, -0.15) is 0 Å². The lowest BCUT2D eigenvalue weighted by Gasteiger charge is -2.28. The molecular weight excluding hydrogens is 156 g/mol. The molecule has 1 unspecified atom stereocenters. The number of aliphatic hydroxyl groups is 1. The number of hydrogen-bond donors (Lipinski definition) is 2. The monoisotopic (exact) mass is 172 g/mol. The van der Waals surface area contributed by atoms with Gasteiger partial charge in [-0.1, -0.05) is 0 Å². The van der Waals surface area contributed by atoms with Crippen LogP contribution in [0.4, 0.5) is 0 Å². The Hall–Kier alpha value is -0.610. The minimum atomic E-state index is -0.860. The predicted molar refractivity (Wildman–Crippen MR) is 45.5 cm³/mol. The van der Waals surface area contributed by atoms with Crippen molar-refractivity contribution in [2.24, 2.45) is 5.73 Å². The summed E-state index contributed by atoms with van der Waals surface area (Å²) >= 11 is 0. The number of carbonyl (C=O) groups excluding carboxylic acids is 1. The number of hydrogen-bond acceptors (Lipinski definition) is 3. The van der Waals surface area contributed by atoms with Crippen molar-refractivity contribution < 1.29 is 9.90 Å². The molecule has 0 aromatic heterocycles. The van der Waals surface area contributed by atoms with Gasteiger partial charge in [-0.25, -0.2) is 0 Å². The second-order valence-corrected chi connectivity index (χ2v) is 3.53. The predicted octanol–water partition coefficient (Wildman–Crippen LogP) is -0.681. The summed E-state index contributed by atoms with van der Waals surface area (Å²) in [7, 11) is 1.70. The van der Waals surface area contributed by atoms with Crippen molar-refractivity contribution in [2.45, 2.75) is 24.9 Å². The van der Waals surface area contributed by atoms with E-state index in [1.165, 1.54) is 0 Å². The Morgan fingerprint density at radius 2 is 2.42 bits per heavy atom. The molecule has 1 atom stereocenters. The van der Waals surface area contributed by atoms with E-state index in [0.29, 0.717) is 19.4 Å². The highest BCUT2D eigenvalue weighted by Crippen LogP contribution is 2.19. The average Bonchev–Trinajstić information content (AvgIpc) is 2.14. The highest BCUT2D eigenvalue weighted by Gasteiger charge is 2.31. The van der Waals surface area contributed by atoms with Crippen LogP contribution in [0.15, 0.2) is 0 Å². The molecule has 12 heavy (non-hydrogen) atoms. The number of amides is 1. The van der Waals surface area contributed by atoms with Crippen LogP contribution in [0.25, 0.3) is 0 Å². The van der Waals surface area contributed by atoms with Crippen LogP contribution < -0.4 is 5.73 Å². The number of nitrogens with two attached hydrogens (primary N) is 1. The van der Waals surface area contributed by atoms with E-state index in [-0.39, 0.29) is 12.5 Å². The highest BCUT2D eigenvalue weighted by atomic mass is 16.3. The molecule has 1 amide bonds. The highest BCUT2D eigenvalue weighted by molar-refractivity contribution is 5.76. The van der Waals surface area contributed by atoms with Crippen molar-refractivity contribution in [2.75, 3.05) is 20.1 Å². The first-order chi connectivity index (χ1) is 5.57. The van der Waals surface area contributed by atoms with Gasteiger partial charge in [0.25, 0.3) is 0 Å². The molecule has 1 aliphatic heterocycles. The van der Waals surface area contributed by atoms with Gasteiger partial charge < -0.3 is 15.7 Å². The van der Waals surface area contributed by atoms with Crippen LogP contribution in [0.1, 0.15) is 19.3 Å². The van der Waals surface area contributed by atoms with Gasteiger partial charge in [0, 0.05) is 20.0 Å². The Morgan fingerprint density at radius 3 is 3.00 bits per heavy atom. The Kier molecular flexibility index (Phi) is 2.69. The summed E-state index contributed by atoms with van der Waals surface area (Å²) in [6.45, 7) is 0.590. The Bertz CT molecular complexity index is 184. The van der Waals surface area contributed by atoms with Crippen LogP contribution >= 0.6 is 0 Å². The minimum Gasteiger partial charge on any atom is -0.387 e. The number of β-amino-alcohol motifs (C(OH)–C–C–N with tert-alkyl or cyclic N) is 1. The van der Waals surface area contributed by atoms with Gasteiger partial charge in [0.1, 0.15) is 0 Å².